The predicted octanol–water partition coefficient (Wildman–Crippen LogP) is 4.42. The number of hydrogen-bond acceptors (Lipinski definition) is 8. The fraction of sp³-hybridized carbons (Fsp3) is 0.556. The summed E-state index contributed by atoms with van der Waals surface area (Å²) >= 11 is 0. The van der Waals surface area contributed by atoms with Gasteiger partial charge in [0.2, 0.25) is 0 Å². The van der Waals surface area contributed by atoms with E-state index in [4.69, 9.17) is 9.72 Å². The Morgan fingerprint density at radius 3 is 2.39 bits per heavy atom. The third-order valence-electron chi connectivity index (χ3n) is 6.85. The molecule has 4 rings (SSSR count). The maximum atomic E-state index is 12.3. The van der Waals surface area contributed by atoms with Gasteiger partial charge in [-0.15, -0.1) is 0 Å². The molecule has 0 atom stereocenters. The lowest BCUT2D eigenvalue weighted by Gasteiger charge is -2.33. The zero-order valence-corrected chi connectivity index (χ0v) is 21.4. The number of nitrogens with one attached hydrogen (secondary N) is 1. The second-order valence-corrected chi connectivity index (χ2v) is 10.6. The number of nitrogens with zero attached hydrogens (tertiary/aromatic N) is 5. The first kappa shape index (κ1) is 25.7. The topological polar surface area (TPSA) is 115 Å². The molecular formula is C27H36N6O3. The van der Waals surface area contributed by atoms with Crippen LogP contribution in [-0.4, -0.2) is 64.5 Å². The number of rotatable bonds is 5. The van der Waals surface area contributed by atoms with Crippen LogP contribution in [0, 0.1) is 17.2 Å². The molecule has 1 amide bonds. The van der Waals surface area contributed by atoms with Crippen molar-refractivity contribution in [2.75, 3.05) is 43.0 Å². The molecule has 192 valence electrons. The smallest absolute Gasteiger partial charge is 0.410 e. The predicted molar refractivity (Wildman–Crippen MR) is 138 cm³/mol. The number of amides is 1. The van der Waals surface area contributed by atoms with Crippen molar-refractivity contribution in [2.45, 2.75) is 58.0 Å². The first-order valence-electron chi connectivity index (χ1n) is 12.7. The molecule has 2 saturated heterocycles. The minimum atomic E-state index is -0.483. The molecule has 0 bridgehead atoms. The molecule has 9 heteroatoms. The van der Waals surface area contributed by atoms with Gasteiger partial charge in [0, 0.05) is 38.5 Å². The average Bonchev–Trinajstić information content (AvgIpc) is 2.88. The molecule has 2 aromatic rings. The van der Waals surface area contributed by atoms with Gasteiger partial charge in [-0.05, 0) is 76.0 Å². The van der Waals surface area contributed by atoms with E-state index in [0.717, 1.165) is 50.3 Å². The highest BCUT2D eigenvalue weighted by atomic mass is 16.6. The Hall–Kier alpha value is -3.38. The first-order valence-corrected chi connectivity index (χ1v) is 12.7. The van der Waals surface area contributed by atoms with Crippen LogP contribution in [0.25, 0.3) is 0 Å². The average molecular weight is 493 g/mol. The number of hydrogen-bond donors (Lipinski definition) is 2. The summed E-state index contributed by atoms with van der Waals surface area (Å²) in [5.41, 5.74) is 1.84. The van der Waals surface area contributed by atoms with Crippen LogP contribution in [-0.2, 0) is 4.74 Å². The van der Waals surface area contributed by atoms with Crippen LogP contribution in [0.5, 0.6) is 0 Å². The van der Waals surface area contributed by atoms with Gasteiger partial charge in [-0.2, -0.15) is 5.26 Å². The van der Waals surface area contributed by atoms with Crippen molar-refractivity contribution in [3.8, 4) is 6.07 Å². The fourth-order valence-corrected chi connectivity index (χ4v) is 4.74. The second kappa shape index (κ2) is 11.1. The third kappa shape index (κ3) is 6.43. The Morgan fingerprint density at radius 1 is 1.14 bits per heavy atom. The summed E-state index contributed by atoms with van der Waals surface area (Å²) in [4.78, 5) is 25.3. The van der Waals surface area contributed by atoms with Crippen molar-refractivity contribution < 1.29 is 14.6 Å². The van der Waals surface area contributed by atoms with Crippen LogP contribution in [0.15, 0.2) is 30.5 Å². The van der Waals surface area contributed by atoms with E-state index in [1.54, 1.807) is 11.1 Å². The van der Waals surface area contributed by atoms with Crippen molar-refractivity contribution in [3.63, 3.8) is 0 Å². The van der Waals surface area contributed by atoms with E-state index in [1.807, 2.05) is 32.9 Å². The van der Waals surface area contributed by atoms with Crippen LogP contribution in [0.1, 0.15) is 63.6 Å². The number of carbonyl (C=O) groups is 1. The van der Waals surface area contributed by atoms with Crippen LogP contribution >= 0.6 is 0 Å². The van der Waals surface area contributed by atoms with Crippen LogP contribution in [0.4, 0.5) is 22.1 Å². The summed E-state index contributed by atoms with van der Waals surface area (Å²) in [5.74, 6) is 1.91. The number of likely N-dealkylation sites (tertiary alicyclic amines) is 1. The highest BCUT2D eigenvalue weighted by molar-refractivity contribution is 5.68. The fourth-order valence-electron chi connectivity index (χ4n) is 4.74. The SMILES string of the molecule is CC(C)(C)OC(=O)N1CCC(c2ccc(Nc3nc(N4CCC(CO)CC4)cnc3C#N)cc2)CC1. The second-order valence-electron chi connectivity index (χ2n) is 10.6. The molecule has 0 saturated carbocycles. The van der Waals surface area contributed by atoms with E-state index in [2.05, 4.69) is 33.4 Å². The van der Waals surface area contributed by atoms with E-state index in [-0.39, 0.29) is 18.4 Å². The molecule has 2 aliphatic heterocycles. The molecule has 0 unspecified atom stereocenters. The summed E-state index contributed by atoms with van der Waals surface area (Å²) < 4.78 is 5.50. The largest absolute Gasteiger partial charge is 0.444 e. The number of aliphatic hydroxyl groups is 1. The van der Waals surface area contributed by atoms with Crippen molar-refractivity contribution >= 4 is 23.4 Å². The van der Waals surface area contributed by atoms with Gasteiger partial charge in [-0.25, -0.2) is 14.8 Å². The van der Waals surface area contributed by atoms with Crippen LogP contribution in [0.3, 0.4) is 0 Å². The highest BCUT2D eigenvalue weighted by Gasteiger charge is 2.27. The lowest BCUT2D eigenvalue weighted by molar-refractivity contribution is 0.0205. The summed E-state index contributed by atoms with van der Waals surface area (Å²) in [6.45, 7) is 8.87. The number of aromatic nitrogens is 2. The normalized spacial score (nSPS) is 17.5. The Labute approximate surface area is 213 Å². The van der Waals surface area contributed by atoms with Gasteiger partial charge in [0.15, 0.2) is 11.5 Å². The number of nitriles is 1. The van der Waals surface area contributed by atoms with Gasteiger partial charge in [-0.1, -0.05) is 12.1 Å². The number of piperidine rings is 2. The molecule has 2 N–H and O–H groups in total. The van der Waals surface area contributed by atoms with Crippen molar-refractivity contribution in [1.82, 2.24) is 14.9 Å². The minimum absolute atomic E-state index is 0.221. The molecule has 36 heavy (non-hydrogen) atoms. The van der Waals surface area contributed by atoms with E-state index in [9.17, 15) is 15.2 Å². The highest BCUT2D eigenvalue weighted by Crippen LogP contribution is 2.30. The van der Waals surface area contributed by atoms with Gasteiger partial charge in [0.1, 0.15) is 17.5 Å². The van der Waals surface area contributed by atoms with Crippen LogP contribution < -0.4 is 10.2 Å². The number of benzene rings is 1. The molecule has 2 fully saturated rings. The maximum Gasteiger partial charge on any atom is 0.410 e. The first-order chi connectivity index (χ1) is 17.3. The van der Waals surface area contributed by atoms with Crippen molar-refractivity contribution in [2.24, 2.45) is 5.92 Å². The monoisotopic (exact) mass is 492 g/mol. The number of carbonyl (C=O) groups excluding carboxylic acids is 1. The van der Waals surface area contributed by atoms with Gasteiger partial charge < -0.3 is 25.0 Å². The summed E-state index contributed by atoms with van der Waals surface area (Å²) in [6, 6.07) is 10.3. The Morgan fingerprint density at radius 2 is 1.81 bits per heavy atom. The number of anilines is 3. The summed E-state index contributed by atoms with van der Waals surface area (Å²) in [6.07, 6.45) is 5.03. The van der Waals surface area contributed by atoms with Crippen molar-refractivity contribution in [1.29, 1.82) is 5.26 Å². The Bertz CT molecular complexity index is 1080. The van der Waals surface area contributed by atoms with Gasteiger partial charge >= 0.3 is 6.09 Å². The standard InChI is InChI=1S/C27H36N6O3/c1-27(2,3)36-26(35)33-14-10-21(11-15-33)20-4-6-22(7-5-20)30-25-23(16-28)29-17-24(31-25)32-12-8-19(18-34)9-13-32/h4-7,17,19,21,34H,8-15,18H2,1-3H3,(H,30,31). The third-order valence-corrected chi connectivity index (χ3v) is 6.85. The molecule has 2 aliphatic rings. The van der Waals surface area contributed by atoms with Gasteiger partial charge in [0.25, 0.3) is 0 Å². The molecule has 0 spiro atoms. The van der Waals surface area contributed by atoms with E-state index in [1.165, 1.54) is 5.56 Å². The molecule has 3 heterocycles. The molecule has 0 aliphatic carbocycles. The molecule has 0 radical (unpaired) electrons. The van der Waals surface area contributed by atoms with E-state index in [0.29, 0.717) is 30.7 Å². The summed E-state index contributed by atoms with van der Waals surface area (Å²) in [7, 11) is 0. The van der Waals surface area contributed by atoms with Crippen molar-refractivity contribution in [3.05, 3.63) is 41.7 Å². The Kier molecular flexibility index (Phi) is 7.94. The number of ether oxygens (including phenoxy) is 1. The van der Waals surface area contributed by atoms with Gasteiger partial charge in [0.05, 0.1) is 6.20 Å². The molecule has 9 nitrogen and oxygen atoms in total. The zero-order chi connectivity index (χ0) is 25.7. The van der Waals surface area contributed by atoms with E-state index >= 15 is 0 Å². The van der Waals surface area contributed by atoms with E-state index < -0.39 is 5.60 Å². The minimum Gasteiger partial charge on any atom is -0.444 e. The van der Waals surface area contributed by atoms with Gasteiger partial charge in [-0.3, -0.25) is 0 Å². The summed E-state index contributed by atoms with van der Waals surface area (Å²) in [5, 5.41) is 22.2. The lowest BCUT2D eigenvalue weighted by Crippen LogP contribution is -2.41. The van der Waals surface area contributed by atoms with Crippen LogP contribution in [0.2, 0.25) is 0 Å². The quantitative estimate of drug-likeness (QED) is 0.631. The maximum absolute atomic E-state index is 12.3. The zero-order valence-electron chi connectivity index (χ0n) is 21.4. The Balaban J connectivity index is 1.37. The molecular weight excluding hydrogens is 456 g/mol. The molecule has 1 aromatic carbocycles. The lowest BCUT2D eigenvalue weighted by atomic mass is 9.89. The number of aliphatic hydroxyl groups excluding tert-OH is 1. The molecule has 1 aromatic heterocycles.